The molecule has 2 rings (SSSR count). The standard InChI is InChI=1S/C14H24N2O4/c1-13(2)8-4-5-14(3,6-8)11(13)16-12(20)15-7-9(17)10(18)19/h8-9,11,17H,4-7H2,1-3H3,(H,18,19)(H2,15,16,20)/t8?,9-,11?,14?/m0/s1. The summed E-state index contributed by atoms with van der Waals surface area (Å²) in [5.41, 5.74) is 0.173. The summed E-state index contributed by atoms with van der Waals surface area (Å²) in [7, 11) is 0. The van der Waals surface area contributed by atoms with Gasteiger partial charge in [0.25, 0.3) is 0 Å². The van der Waals surface area contributed by atoms with E-state index in [1.54, 1.807) is 0 Å². The second-order valence-electron chi connectivity index (χ2n) is 7.06. The zero-order chi connectivity index (χ0) is 15.1. The Labute approximate surface area is 118 Å². The summed E-state index contributed by atoms with van der Waals surface area (Å²) in [5.74, 6) is -0.708. The molecule has 0 radical (unpaired) electrons. The molecule has 0 aromatic rings. The maximum absolute atomic E-state index is 11.9. The number of hydrogen-bond acceptors (Lipinski definition) is 3. The predicted octanol–water partition coefficient (Wildman–Crippen LogP) is 0.946. The highest BCUT2D eigenvalue weighted by atomic mass is 16.4. The molecule has 4 atom stereocenters. The van der Waals surface area contributed by atoms with E-state index in [0.29, 0.717) is 5.92 Å². The van der Waals surface area contributed by atoms with Gasteiger partial charge in [-0.25, -0.2) is 9.59 Å². The lowest BCUT2D eigenvalue weighted by Crippen LogP contribution is -2.55. The molecule has 20 heavy (non-hydrogen) atoms. The summed E-state index contributed by atoms with van der Waals surface area (Å²) >= 11 is 0. The molecule has 4 N–H and O–H groups in total. The fourth-order valence-electron chi connectivity index (χ4n) is 4.12. The first kappa shape index (κ1) is 15.1. The first-order chi connectivity index (χ1) is 9.17. The van der Waals surface area contributed by atoms with E-state index in [4.69, 9.17) is 10.2 Å². The van der Waals surface area contributed by atoms with E-state index in [0.717, 1.165) is 12.8 Å². The number of carbonyl (C=O) groups excluding carboxylic acids is 1. The van der Waals surface area contributed by atoms with Gasteiger partial charge in [-0.15, -0.1) is 0 Å². The van der Waals surface area contributed by atoms with Crippen molar-refractivity contribution >= 4 is 12.0 Å². The molecule has 2 saturated carbocycles. The average Bonchev–Trinajstić information content (AvgIpc) is 2.82. The molecule has 6 nitrogen and oxygen atoms in total. The SMILES string of the molecule is CC12CCC(C1)C(C)(C)C2NC(=O)NC[C@H](O)C(=O)O. The van der Waals surface area contributed by atoms with Crippen LogP contribution in [0, 0.1) is 16.7 Å². The van der Waals surface area contributed by atoms with Gasteiger partial charge in [0.1, 0.15) is 0 Å². The highest BCUT2D eigenvalue weighted by Gasteiger charge is 2.59. The van der Waals surface area contributed by atoms with E-state index in [9.17, 15) is 9.59 Å². The van der Waals surface area contributed by atoms with Gasteiger partial charge in [0, 0.05) is 6.04 Å². The van der Waals surface area contributed by atoms with E-state index < -0.39 is 18.1 Å². The number of carboxylic acids is 1. The maximum atomic E-state index is 11.9. The number of rotatable bonds is 4. The van der Waals surface area contributed by atoms with Crippen LogP contribution in [0.5, 0.6) is 0 Å². The van der Waals surface area contributed by atoms with Crippen LogP contribution in [0.25, 0.3) is 0 Å². The van der Waals surface area contributed by atoms with Gasteiger partial charge < -0.3 is 20.8 Å². The van der Waals surface area contributed by atoms with Crippen LogP contribution in [0.4, 0.5) is 4.79 Å². The van der Waals surface area contributed by atoms with Crippen LogP contribution in [0.15, 0.2) is 0 Å². The summed E-state index contributed by atoms with van der Waals surface area (Å²) in [6, 6.07) is -0.326. The molecule has 0 heterocycles. The normalized spacial score (nSPS) is 35.6. The Morgan fingerprint density at radius 2 is 2.00 bits per heavy atom. The van der Waals surface area contributed by atoms with Gasteiger partial charge in [0.15, 0.2) is 6.10 Å². The predicted molar refractivity (Wildman–Crippen MR) is 73.2 cm³/mol. The van der Waals surface area contributed by atoms with Gasteiger partial charge >= 0.3 is 12.0 Å². The van der Waals surface area contributed by atoms with Crippen molar-refractivity contribution in [1.82, 2.24) is 10.6 Å². The summed E-state index contributed by atoms with van der Waals surface area (Å²) in [5, 5.41) is 23.1. The third-order valence-corrected chi connectivity index (χ3v) is 5.29. The van der Waals surface area contributed by atoms with E-state index >= 15 is 0 Å². The third kappa shape index (κ3) is 2.49. The van der Waals surface area contributed by atoms with E-state index in [1.807, 2.05) is 0 Å². The minimum absolute atomic E-state index is 0.0513. The molecule has 0 aromatic carbocycles. The monoisotopic (exact) mass is 284 g/mol. The van der Waals surface area contributed by atoms with Gasteiger partial charge in [0.2, 0.25) is 0 Å². The number of carboxylic acid groups (broad SMARTS) is 1. The Morgan fingerprint density at radius 3 is 2.50 bits per heavy atom. The molecule has 0 aliphatic heterocycles. The van der Waals surface area contributed by atoms with Crippen LogP contribution >= 0.6 is 0 Å². The van der Waals surface area contributed by atoms with Gasteiger partial charge in [-0.05, 0) is 36.0 Å². The van der Waals surface area contributed by atoms with Crippen LogP contribution < -0.4 is 10.6 Å². The summed E-state index contributed by atoms with van der Waals surface area (Å²) in [6.07, 6.45) is 1.89. The number of carbonyl (C=O) groups is 2. The fourth-order valence-corrected chi connectivity index (χ4v) is 4.12. The number of urea groups is 1. The molecule has 2 amide bonds. The molecule has 6 heteroatoms. The first-order valence-corrected chi connectivity index (χ1v) is 7.12. The fraction of sp³-hybridized carbons (Fsp3) is 0.857. The molecular weight excluding hydrogens is 260 g/mol. The lowest BCUT2D eigenvalue weighted by Gasteiger charge is -2.43. The van der Waals surface area contributed by atoms with Crippen LogP contribution in [-0.2, 0) is 4.79 Å². The molecule has 0 aromatic heterocycles. The molecule has 2 aliphatic carbocycles. The van der Waals surface area contributed by atoms with Crippen LogP contribution in [0.1, 0.15) is 40.0 Å². The maximum Gasteiger partial charge on any atom is 0.334 e. The Balaban J connectivity index is 1.93. The molecule has 114 valence electrons. The van der Waals surface area contributed by atoms with Crippen molar-refractivity contribution in [2.75, 3.05) is 6.54 Å². The lowest BCUT2D eigenvalue weighted by molar-refractivity contribution is -0.146. The summed E-state index contributed by atoms with van der Waals surface area (Å²) in [4.78, 5) is 22.4. The van der Waals surface area contributed by atoms with Gasteiger partial charge in [-0.2, -0.15) is 0 Å². The number of aliphatic carboxylic acids is 1. The Hall–Kier alpha value is -1.30. The quantitative estimate of drug-likeness (QED) is 0.617. The lowest BCUT2D eigenvalue weighted by atomic mass is 9.68. The molecule has 3 unspecified atom stereocenters. The Bertz CT molecular complexity index is 419. The second-order valence-corrected chi connectivity index (χ2v) is 7.06. The first-order valence-electron chi connectivity index (χ1n) is 7.12. The topological polar surface area (TPSA) is 98.7 Å². The van der Waals surface area contributed by atoms with Crippen molar-refractivity contribution in [2.24, 2.45) is 16.7 Å². The van der Waals surface area contributed by atoms with Crippen LogP contribution in [0.2, 0.25) is 0 Å². The van der Waals surface area contributed by atoms with Gasteiger partial charge in [-0.1, -0.05) is 20.8 Å². The number of aliphatic hydroxyl groups is 1. The third-order valence-electron chi connectivity index (χ3n) is 5.29. The summed E-state index contributed by atoms with van der Waals surface area (Å²) < 4.78 is 0. The zero-order valence-corrected chi connectivity index (χ0v) is 12.3. The molecule has 2 fully saturated rings. The minimum atomic E-state index is -1.57. The average molecular weight is 284 g/mol. The molecule has 0 saturated heterocycles. The van der Waals surface area contributed by atoms with Crippen molar-refractivity contribution in [3.63, 3.8) is 0 Å². The number of amides is 2. The van der Waals surface area contributed by atoms with E-state index in [2.05, 4.69) is 31.4 Å². The molecule has 0 spiro atoms. The van der Waals surface area contributed by atoms with Crippen LogP contribution in [0.3, 0.4) is 0 Å². The van der Waals surface area contributed by atoms with Gasteiger partial charge in [0.05, 0.1) is 6.54 Å². The molecule has 2 bridgehead atoms. The Kier molecular flexibility index (Phi) is 3.71. The zero-order valence-electron chi connectivity index (χ0n) is 12.3. The molecule has 2 aliphatic rings. The van der Waals surface area contributed by atoms with Crippen LogP contribution in [-0.4, -0.2) is 40.9 Å². The highest BCUT2D eigenvalue weighted by Crippen LogP contribution is 2.62. The number of hydrogen-bond donors (Lipinski definition) is 4. The minimum Gasteiger partial charge on any atom is -0.479 e. The largest absolute Gasteiger partial charge is 0.479 e. The van der Waals surface area contributed by atoms with Crippen molar-refractivity contribution in [3.05, 3.63) is 0 Å². The highest BCUT2D eigenvalue weighted by molar-refractivity contribution is 5.77. The smallest absolute Gasteiger partial charge is 0.334 e. The van der Waals surface area contributed by atoms with Crippen molar-refractivity contribution in [3.8, 4) is 0 Å². The summed E-state index contributed by atoms with van der Waals surface area (Å²) in [6.45, 7) is 6.28. The van der Waals surface area contributed by atoms with E-state index in [1.165, 1.54) is 6.42 Å². The number of nitrogens with one attached hydrogen (secondary N) is 2. The number of aliphatic hydroxyl groups excluding tert-OH is 1. The Morgan fingerprint density at radius 1 is 1.35 bits per heavy atom. The molecular formula is C14H24N2O4. The van der Waals surface area contributed by atoms with Crippen molar-refractivity contribution in [2.45, 2.75) is 52.2 Å². The second kappa shape index (κ2) is 4.91. The van der Waals surface area contributed by atoms with Crippen molar-refractivity contribution < 1.29 is 19.8 Å². The van der Waals surface area contributed by atoms with E-state index in [-0.39, 0.29) is 23.4 Å². The van der Waals surface area contributed by atoms with Gasteiger partial charge in [-0.3, -0.25) is 0 Å². The van der Waals surface area contributed by atoms with Crippen molar-refractivity contribution in [1.29, 1.82) is 0 Å². The number of fused-ring (bicyclic) bond motifs is 2.